The Hall–Kier alpha value is -1.55. The molecule has 0 saturated heterocycles. The Morgan fingerprint density at radius 3 is 2.22 bits per heavy atom. The second-order valence-electron chi connectivity index (χ2n) is 4.85. The quantitative estimate of drug-likeness (QED) is 0.261. The molecular formula is C13H20F2O7S. The Balaban J connectivity index is 3.73. The summed E-state index contributed by atoms with van der Waals surface area (Å²) in [6.45, 7) is 3.45. The molecule has 0 radical (unpaired) electrons. The minimum Gasteiger partial charge on any atom is -0.462 e. The van der Waals surface area contributed by atoms with Gasteiger partial charge in [0.25, 0.3) is 0 Å². The SMILES string of the molecule is C=C(C)C(=O)OCCCCCCC(=O)OCC(F)(F)S(=O)(=O)O. The molecule has 10 heteroatoms. The maximum Gasteiger partial charge on any atom is 0.402 e. The van der Waals surface area contributed by atoms with E-state index in [-0.39, 0.29) is 13.0 Å². The number of ether oxygens (including phenoxy) is 2. The van der Waals surface area contributed by atoms with Gasteiger partial charge in [0.1, 0.15) is 0 Å². The van der Waals surface area contributed by atoms with Crippen LogP contribution in [-0.2, 0) is 29.2 Å². The first-order chi connectivity index (χ1) is 10.5. The summed E-state index contributed by atoms with van der Waals surface area (Å²) in [5, 5.41) is -4.52. The average molecular weight is 358 g/mol. The van der Waals surface area contributed by atoms with E-state index in [0.29, 0.717) is 31.3 Å². The highest BCUT2D eigenvalue weighted by Gasteiger charge is 2.45. The van der Waals surface area contributed by atoms with Gasteiger partial charge in [-0.1, -0.05) is 19.4 Å². The fraction of sp³-hybridized carbons (Fsp3) is 0.692. The summed E-state index contributed by atoms with van der Waals surface area (Å²) in [6, 6.07) is 0. The van der Waals surface area contributed by atoms with Crippen molar-refractivity contribution in [3.05, 3.63) is 12.2 Å². The van der Waals surface area contributed by atoms with Gasteiger partial charge in [-0.3, -0.25) is 9.35 Å². The van der Waals surface area contributed by atoms with Crippen LogP contribution in [-0.4, -0.2) is 43.4 Å². The lowest BCUT2D eigenvalue weighted by atomic mass is 10.1. The minimum absolute atomic E-state index is 0.160. The number of esters is 2. The molecule has 0 aromatic rings. The van der Waals surface area contributed by atoms with Crippen molar-refractivity contribution in [2.45, 2.75) is 44.3 Å². The molecule has 0 bridgehead atoms. The van der Waals surface area contributed by atoms with Crippen LogP contribution in [0.4, 0.5) is 8.78 Å². The van der Waals surface area contributed by atoms with Crippen molar-refractivity contribution >= 4 is 22.1 Å². The molecule has 0 fully saturated rings. The van der Waals surface area contributed by atoms with E-state index >= 15 is 0 Å². The van der Waals surface area contributed by atoms with E-state index in [1.54, 1.807) is 0 Å². The van der Waals surface area contributed by atoms with Crippen molar-refractivity contribution in [1.82, 2.24) is 0 Å². The molecule has 0 heterocycles. The Labute approximate surface area is 133 Å². The van der Waals surface area contributed by atoms with Crippen molar-refractivity contribution in [3.8, 4) is 0 Å². The van der Waals surface area contributed by atoms with Gasteiger partial charge in [0.15, 0.2) is 6.61 Å². The number of hydrogen-bond donors (Lipinski definition) is 1. The number of halogens is 2. The van der Waals surface area contributed by atoms with Gasteiger partial charge in [0.2, 0.25) is 0 Å². The van der Waals surface area contributed by atoms with E-state index in [1.807, 2.05) is 0 Å². The summed E-state index contributed by atoms with van der Waals surface area (Å²) in [5.41, 5.74) is 0.300. The number of alkyl halides is 2. The van der Waals surface area contributed by atoms with Gasteiger partial charge in [-0.05, 0) is 19.8 Å². The van der Waals surface area contributed by atoms with Crippen molar-refractivity contribution in [3.63, 3.8) is 0 Å². The molecular weight excluding hydrogens is 338 g/mol. The number of hydrogen-bond acceptors (Lipinski definition) is 6. The van der Waals surface area contributed by atoms with Crippen LogP contribution in [0.15, 0.2) is 12.2 Å². The van der Waals surface area contributed by atoms with E-state index in [1.165, 1.54) is 6.92 Å². The van der Waals surface area contributed by atoms with E-state index < -0.39 is 33.9 Å². The standard InChI is InChI=1S/C13H20F2O7S/c1-10(2)12(17)21-8-6-4-3-5-7-11(16)22-9-13(14,15)23(18,19)20/h1,3-9H2,2H3,(H,18,19,20). The fourth-order valence-electron chi connectivity index (χ4n) is 1.32. The average Bonchev–Trinajstić information content (AvgIpc) is 2.42. The monoisotopic (exact) mass is 358 g/mol. The molecule has 0 atom stereocenters. The van der Waals surface area contributed by atoms with Gasteiger partial charge in [-0.15, -0.1) is 0 Å². The molecule has 0 amide bonds. The van der Waals surface area contributed by atoms with Gasteiger partial charge in [0, 0.05) is 12.0 Å². The topological polar surface area (TPSA) is 107 Å². The van der Waals surface area contributed by atoms with Gasteiger partial charge in [0.05, 0.1) is 6.61 Å². The summed E-state index contributed by atoms with van der Waals surface area (Å²) in [6.07, 6.45) is 2.00. The zero-order valence-corrected chi connectivity index (χ0v) is 13.5. The first-order valence-corrected chi connectivity index (χ1v) is 8.24. The molecule has 0 unspecified atom stereocenters. The normalized spacial score (nSPS) is 11.8. The summed E-state index contributed by atoms with van der Waals surface area (Å²) in [7, 11) is -5.60. The van der Waals surface area contributed by atoms with Gasteiger partial charge in [-0.25, -0.2) is 4.79 Å². The first-order valence-electron chi connectivity index (χ1n) is 6.80. The summed E-state index contributed by atoms with van der Waals surface area (Å²) >= 11 is 0. The Morgan fingerprint density at radius 2 is 1.70 bits per heavy atom. The lowest BCUT2D eigenvalue weighted by molar-refractivity contribution is -0.149. The predicted molar refractivity (Wildman–Crippen MR) is 76.3 cm³/mol. The lowest BCUT2D eigenvalue weighted by Crippen LogP contribution is -2.34. The largest absolute Gasteiger partial charge is 0.462 e. The second-order valence-corrected chi connectivity index (χ2v) is 6.40. The van der Waals surface area contributed by atoms with Gasteiger partial charge in [-0.2, -0.15) is 17.2 Å². The maximum atomic E-state index is 12.8. The van der Waals surface area contributed by atoms with Crippen molar-refractivity contribution < 1.29 is 40.8 Å². The maximum absolute atomic E-state index is 12.8. The molecule has 7 nitrogen and oxygen atoms in total. The minimum atomic E-state index is -5.60. The molecule has 1 N–H and O–H groups in total. The molecule has 23 heavy (non-hydrogen) atoms. The molecule has 0 rings (SSSR count). The van der Waals surface area contributed by atoms with E-state index in [4.69, 9.17) is 9.29 Å². The number of carbonyl (C=O) groups excluding carboxylic acids is 2. The fourth-order valence-corrected chi connectivity index (χ4v) is 1.53. The second kappa shape index (κ2) is 9.56. The Morgan fingerprint density at radius 1 is 1.13 bits per heavy atom. The molecule has 0 aliphatic carbocycles. The zero-order chi connectivity index (χ0) is 18.1. The highest BCUT2D eigenvalue weighted by Crippen LogP contribution is 2.20. The van der Waals surface area contributed by atoms with E-state index in [2.05, 4.69) is 11.3 Å². The van der Waals surface area contributed by atoms with Crippen LogP contribution < -0.4 is 0 Å². The summed E-state index contributed by atoms with van der Waals surface area (Å²) in [4.78, 5) is 22.2. The Kier molecular flexibility index (Phi) is 8.91. The molecule has 0 saturated carbocycles. The van der Waals surface area contributed by atoms with Crippen LogP contribution in [0.25, 0.3) is 0 Å². The van der Waals surface area contributed by atoms with Crippen LogP contribution in [0.5, 0.6) is 0 Å². The van der Waals surface area contributed by atoms with Crippen molar-refractivity contribution in [2.24, 2.45) is 0 Å². The van der Waals surface area contributed by atoms with Crippen molar-refractivity contribution in [2.75, 3.05) is 13.2 Å². The Bertz CT molecular complexity index is 528. The third-order valence-electron chi connectivity index (χ3n) is 2.64. The molecule has 0 aliphatic rings. The molecule has 0 spiro atoms. The molecule has 134 valence electrons. The number of carbonyl (C=O) groups is 2. The van der Waals surface area contributed by atoms with Crippen LogP contribution in [0.2, 0.25) is 0 Å². The van der Waals surface area contributed by atoms with Crippen LogP contribution >= 0.6 is 0 Å². The summed E-state index contributed by atoms with van der Waals surface area (Å²) in [5.74, 6) is -1.46. The third kappa shape index (κ3) is 9.24. The smallest absolute Gasteiger partial charge is 0.402 e. The van der Waals surface area contributed by atoms with Crippen LogP contribution in [0.3, 0.4) is 0 Å². The molecule has 0 aromatic heterocycles. The zero-order valence-electron chi connectivity index (χ0n) is 12.7. The van der Waals surface area contributed by atoms with Gasteiger partial charge >= 0.3 is 27.3 Å². The highest BCUT2D eigenvalue weighted by atomic mass is 32.2. The first kappa shape index (κ1) is 21.4. The van der Waals surface area contributed by atoms with Crippen LogP contribution in [0.1, 0.15) is 39.0 Å². The van der Waals surface area contributed by atoms with Gasteiger partial charge < -0.3 is 9.47 Å². The summed E-state index contributed by atoms with van der Waals surface area (Å²) < 4.78 is 63.3. The van der Waals surface area contributed by atoms with E-state index in [0.717, 1.165) is 0 Å². The third-order valence-corrected chi connectivity index (χ3v) is 3.51. The predicted octanol–water partition coefficient (Wildman–Crippen LogP) is 2.08. The molecule has 0 aliphatic heterocycles. The number of rotatable bonds is 11. The van der Waals surface area contributed by atoms with Crippen molar-refractivity contribution in [1.29, 1.82) is 0 Å². The number of unbranched alkanes of at least 4 members (excludes halogenated alkanes) is 3. The van der Waals surface area contributed by atoms with Crippen LogP contribution in [0, 0.1) is 0 Å². The van der Waals surface area contributed by atoms with E-state index in [9.17, 15) is 26.8 Å². The molecule has 0 aromatic carbocycles. The highest BCUT2D eigenvalue weighted by molar-refractivity contribution is 7.86. The lowest BCUT2D eigenvalue weighted by Gasteiger charge is -2.12.